The third kappa shape index (κ3) is 3.00. The number of nitrogens with zero attached hydrogens (tertiary/aromatic N) is 1. The smallest absolute Gasteiger partial charge is 0.264 e. The highest BCUT2D eigenvalue weighted by molar-refractivity contribution is 8.04. The van der Waals surface area contributed by atoms with Crippen LogP contribution in [-0.2, 0) is 4.79 Å². The van der Waals surface area contributed by atoms with Gasteiger partial charge in [0, 0.05) is 11.9 Å². The molecule has 0 N–H and O–H groups in total. The number of amides is 1. The molecule has 1 heterocycles. The van der Waals surface area contributed by atoms with Crippen molar-refractivity contribution in [3.63, 3.8) is 0 Å². The number of carbonyl (C=O) groups excluding carboxylic acids is 2. The van der Waals surface area contributed by atoms with Crippen LogP contribution in [0.5, 0.6) is 0 Å². The Kier molecular flexibility index (Phi) is 3.96. The van der Waals surface area contributed by atoms with Gasteiger partial charge in [0.25, 0.3) is 5.91 Å². The van der Waals surface area contributed by atoms with Crippen LogP contribution in [0.1, 0.15) is 21.5 Å². The van der Waals surface area contributed by atoms with Crippen LogP contribution in [0.3, 0.4) is 0 Å². The van der Waals surface area contributed by atoms with E-state index in [-0.39, 0.29) is 11.5 Å². The molecule has 0 spiro atoms. The van der Waals surface area contributed by atoms with Gasteiger partial charge < -0.3 is 14.8 Å². The van der Waals surface area contributed by atoms with Crippen LogP contribution in [0.25, 0.3) is 6.08 Å². The molecule has 1 aliphatic heterocycles. The molecule has 2 aromatic rings. The lowest BCUT2D eigenvalue weighted by atomic mass is 10.1. The second-order valence-corrected chi connectivity index (χ2v) is 6.44. The maximum Gasteiger partial charge on any atom is 0.264 e. The van der Waals surface area contributed by atoms with E-state index in [9.17, 15) is 14.7 Å². The number of rotatable bonds is 2. The Labute approximate surface area is 138 Å². The number of thioether (sulfide) groups is 1. The predicted molar refractivity (Wildman–Crippen MR) is 89.2 cm³/mol. The minimum Gasteiger partial charge on any atom is -0.545 e. The van der Waals surface area contributed by atoms with Crippen molar-refractivity contribution in [3.8, 4) is 0 Å². The molecule has 0 saturated carbocycles. The third-order valence-electron chi connectivity index (χ3n) is 3.63. The van der Waals surface area contributed by atoms with Crippen molar-refractivity contribution >= 4 is 35.4 Å². The summed E-state index contributed by atoms with van der Waals surface area (Å²) in [5, 5.41) is 11.0. The topological polar surface area (TPSA) is 60.4 Å². The Bertz CT molecular complexity index is 842. The molecule has 2 aromatic carbocycles. The number of carboxylic acids is 1. The van der Waals surface area contributed by atoms with Crippen LogP contribution in [0, 0.1) is 6.92 Å². The first-order valence-electron chi connectivity index (χ1n) is 7.05. The standard InChI is InChI=1S/C18H15NO3S/c1-11-4-3-5-12(8-11)9-16-17(20)19(2)14-10-13(18(21)22)6-7-15(14)23-16/h3-10H,1-2H3,(H,21,22)/p-1. The zero-order chi connectivity index (χ0) is 16.6. The van der Waals surface area contributed by atoms with E-state index in [0.29, 0.717) is 10.6 Å². The van der Waals surface area contributed by atoms with Gasteiger partial charge >= 0.3 is 0 Å². The van der Waals surface area contributed by atoms with Crippen molar-refractivity contribution in [1.82, 2.24) is 0 Å². The Balaban J connectivity index is 2.01. The van der Waals surface area contributed by atoms with E-state index >= 15 is 0 Å². The molecular formula is C18H14NO3S-. The molecule has 3 rings (SSSR count). The van der Waals surface area contributed by atoms with E-state index in [1.165, 1.54) is 28.8 Å². The van der Waals surface area contributed by atoms with Gasteiger partial charge in [-0.15, -0.1) is 0 Å². The lowest BCUT2D eigenvalue weighted by molar-refractivity contribution is -0.255. The molecule has 116 valence electrons. The molecule has 0 unspecified atom stereocenters. The molecule has 1 aliphatic rings. The summed E-state index contributed by atoms with van der Waals surface area (Å²) in [6, 6.07) is 12.6. The van der Waals surface area contributed by atoms with Gasteiger partial charge in [-0.1, -0.05) is 47.7 Å². The van der Waals surface area contributed by atoms with Crippen LogP contribution >= 0.6 is 11.8 Å². The van der Waals surface area contributed by atoms with E-state index in [4.69, 9.17) is 0 Å². The van der Waals surface area contributed by atoms with Crippen molar-refractivity contribution < 1.29 is 14.7 Å². The summed E-state index contributed by atoms with van der Waals surface area (Å²) in [6.07, 6.45) is 1.85. The summed E-state index contributed by atoms with van der Waals surface area (Å²) < 4.78 is 0. The SMILES string of the molecule is Cc1cccc(C=C2Sc3ccc(C(=O)[O-])cc3N(C)C2=O)c1. The number of likely N-dealkylation sites (N-methyl/N-ethyl adjacent to an activating group) is 1. The van der Waals surface area contributed by atoms with Gasteiger partial charge in [0.1, 0.15) is 0 Å². The predicted octanol–water partition coefficient (Wildman–Crippen LogP) is 2.47. The van der Waals surface area contributed by atoms with E-state index in [2.05, 4.69) is 0 Å². The largest absolute Gasteiger partial charge is 0.545 e. The quantitative estimate of drug-likeness (QED) is 0.796. The third-order valence-corrected chi connectivity index (χ3v) is 4.71. The summed E-state index contributed by atoms with van der Waals surface area (Å²) in [7, 11) is 1.64. The summed E-state index contributed by atoms with van der Waals surface area (Å²) in [5.41, 5.74) is 2.74. The van der Waals surface area contributed by atoms with Crippen molar-refractivity contribution in [3.05, 3.63) is 64.1 Å². The number of fused-ring (bicyclic) bond motifs is 1. The van der Waals surface area contributed by atoms with Gasteiger partial charge in [-0.05, 0) is 36.3 Å². The summed E-state index contributed by atoms with van der Waals surface area (Å²) in [4.78, 5) is 26.4. The highest BCUT2D eigenvalue weighted by atomic mass is 32.2. The Morgan fingerprint density at radius 3 is 2.70 bits per heavy atom. The average Bonchev–Trinajstić information content (AvgIpc) is 2.52. The van der Waals surface area contributed by atoms with E-state index in [0.717, 1.165) is 16.0 Å². The van der Waals surface area contributed by atoms with Gasteiger partial charge in [0.15, 0.2) is 0 Å². The van der Waals surface area contributed by atoms with Gasteiger partial charge in [0.05, 0.1) is 16.6 Å². The zero-order valence-corrected chi connectivity index (χ0v) is 13.5. The van der Waals surface area contributed by atoms with Crippen LogP contribution in [0.15, 0.2) is 52.3 Å². The maximum absolute atomic E-state index is 12.5. The number of hydrogen-bond donors (Lipinski definition) is 0. The second-order valence-electron chi connectivity index (χ2n) is 5.36. The fourth-order valence-corrected chi connectivity index (χ4v) is 3.52. The van der Waals surface area contributed by atoms with E-state index in [1.54, 1.807) is 13.1 Å². The van der Waals surface area contributed by atoms with Crippen molar-refractivity contribution in [2.75, 3.05) is 11.9 Å². The van der Waals surface area contributed by atoms with Gasteiger partial charge in [-0.2, -0.15) is 0 Å². The molecule has 1 amide bonds. The minimum absolute atomic E-state index is 0.0649. The monoisotopic (exact) mass is 324 g/mol. The molecule has 0 saturated heterocycles. The van der Waals surface area contributed by atoms with Crippen molar-refractivity contribution in [2.24, 2.45) is 0 Å². The summed E-state index contributed by atoms with van der Waals surface area (Å²) >= 11 is 1.35. The molecular weight excluding hydrogens is 310 g/mol. The normalized spacial score (nSPS) is 15.7. The van der Waals surface area contributed by atoms with Crippen LogP contribution in [0.4, 0.5) is 5.69 Å². The second kappa shape index (κ2) is 5.93. The van der Waals surface area contributed by atoms with E-state index < -0.39 is 5.97 Å². The lowest BCUT2D eigenvalue weighted by Crippen LogP contribution is -2.31. The van der Waals surface area contributed by atoms with Gasteiger partial charge in [0.2, 0.25) is 0 Å². The summed E-state index contributed by atoms with van der Waals surface area (Å²) in [5.74, 6) is -1.40. The van der Waals surface area contributed by atoms with Crippen LogP contribution < -0.4 is 10.0 Å². The molecule has 0 bridgehead atoms. The molecule has 4 nitrogen and oxygen atoms in total. The van der Waals surface area contributed by atoms with Crippen LogP contribution in [-0.4, -0.2) is 18.9 Å². The number of aromatic carboxylic acids is 1. The molecule has 0 fully saturated rings. The molecule has 23 heavy (non-hydrogen) atoms. The van der Waals surface area contributed by atoms with Gasteiger partial charge in [-0.3, -0.25) is 4.79 Å². The number of aryl methyl sites for hydroxylation is 1. The van der Waals surface area contributed by atoms with Gasteiger partial charge in [-0.25, -0.2) is 0 Å². The Morgan fingerprint density at radius 2 is 2.00 bits per heavy atom. The first-order valence-corrected chi connectivity index (χ1v) is 7.87. The fourth-order valence-electron chi connectivity index (χ4n) is 2.43. The van der Waals surface area contributed by atoms with E-state index in [1.807, 2.05) is 37.3 Å². The highest BCUT2D eigenvalue weighted by Gasteiger charge is 2.26. The highest BCUT2D eigenvalue weighted by Crippen LogP contribution is 2.41. The number of hydrogen-bond acceptors (Lipinski definition) is 4. The number of carbonyl (C=O) groups is 2. The van der Waals surface area contributed by atoms with Crippen molar-refractivity contribution in [1.29, 1.82) is 0 Å². The number of benzene rings is 2. The summed E-state index contributed by atoms with van der Waals surface area (Å²) in [6.45, 7) is 2.00. The minimum atomic E-state index is -1.25. The maximum atomic E-state index is 12.5. The molecule has 0 aromatic heterocycles. The zero-order valence-electron chi connectivity index (χ0n) is 12.7. The number of anilines is 1. The Morgan fingerprint density at radius 1 is 1.22 bits per heavy atom. The Hall–Kier alpha value is -2.53. The average molecular weight is 324 g/mol. The van der Waals surface area contributed by atoms with Crippen LogP contribution in [0.2, 0.25) is 0 Å². The molecule has 0 aliphatic carbocycles. The molecule has 0 radical (unpaired) electrons. The first kappa shape index (κ1) is 15.4. The number of carboxylic acid groups (broad SMARTS) is 1. The lowest BCUT2D eigenvalue weighted by Gasteiger charge is -2.27. The fraction of sp³-hybridized carbons (Fsp3) is 0.111. The first-order chi connectivity index (χ1) is 11.0. The molecule has 0 atom stereocenters. The van der Waals surface area contributed by atoms with Crippen molar-refractivity contribution in [2.45, 2.75) is 11.8 Å². The molecule has 5 heteroatoms.